The fraction of sp³-hybridized carbons (Fsp3) is 1.00. The number of hydrogen-bond donors (Lipinski definition) is 1. The summed E-state index contributed by atoms with van der Waals surface area (Å²) in [4.78, 5) is 0. The Morgan fingerprint density at radius 2 is 1.75 bits per heavy atom. The van der Waals surface area contributed by atoms with E-state index in [1.54, 1.807) is 0 Å². The minimum Gasteiger partial charge on any atom is -0.390 e. The van der Waals surface area contributed by atoms with Gasteiger partial charge in [-0.25, -0.2) is 0 Å². The van der Waals surface area contributed by atoms with Crippen molar-refractivity contribution >= 4 is 0 Å². The molecule has 94 valence electrons. The molecule has 2 nitrogen and oxygen atoms in total. The molecule has 2 rings (SSSR count). The first-order chi connectivity index (χ1) is 7.14. The van der Waals surface area contributed by atoms with E-state index >= 15 is 0 Å². The summed E-state index contributed by atoms with van der Waals surface area (Å²) in [5, 5.41) is 10.3. The summed E-state index contributed by atoms with van der Waals surface area (Å²) in [5.74, 6) is 0.274. The van der Waals surface area contributed by atoms with Crippen molar-refractivity contribution in [2.75, 3.05) is 0 Å². The molecule has 0 unspecified atom stereocenters. The third kappa shape index (κ3) is 2.02. The molecule has 2 aliphatic rings. The quantitative estimate of drug-likeness (QED) is 0.744. The molecular formula is C14H26O2. The lowest BCUT2D eigenvalue weighted by Crippen LogP contribution is -2.58. The Hall–Kier alpha value is -0.0800. The highest BCUT2D eigenvalue weighted by Gasteiger charge is 2.53. The van der Waals surface area contributed by atoms with Gasteiger partial charge in [0.05, 0.1) is 17.3 Å². The number of rotatable bonds is 1. The van der Waals surface area contributed by atoms with Gasteiger partial charge in [-0.1, -0.05) is 13.8 Å². The van der Waals surface area contributed by atoms with Crippen LogP contribution in [0.15, 0.2) is 0 Å². The third-order valence-electron chi connectivity index (χ3n) is 4.74. The van der Waals surface area contributed by atoms with Crippen LogP contribution in [0.25, 0.3) is 0 Å². The van der Waals surface area contributed by atoms with Crippen LogP contribution in [0.3, 0.4) is 0 Å². The first-order valence-corrected chi connectivity index (χ1v) is 6.54. The zero-order valence-corrected chi connectivity index (χ0v) is 11.3. The predicted molar refractivity (Wildman–Crippen MR) is 65.3 cm³/mol. The number of hydrogen-bond acceptors (Lipinski definition) is 2. The number of aliphatic hydroxyl groups is 1. The topological polar surface area (TPSA) is 29.5 Å². The molecule has 0 aromatic heterocycles. The fourth-order valence-electron chi connectivity index (χ4n) is 3.40. The average Bonchev–Trinajstić information content (AvgIpc) is 2.11. The van der Waals surface area contributed by atoms with Gasteiger partial charge in [0, 0.05) is 5.92 Å². The van der Waals surface area contributed by atoms with E-state index < -0.39 is 5.60 Å². The van der Waals surface area contributed by atoms with Gasteiger partial charge < -0.3 is 9.84 Å². The molecule has 0 amide bonds. The van der Waals surface area contributed by atoms with Crippen molar-refractivity contribution in [3.8, 4) is 0 Å². The maximum Gasteiger partial charge on any atom is 0.0688 e. The summed E-state index contributed by atoms with van der Waals surface area (Å²) in [7, 11) is 0. The van der Waals surface area contributed by atoms with Crippen LogP contribution >= 0.6 is 0 Å². The molecule has 2 saturated heterocycles. The van der Waals surface area contributed by atoms with E-state index in [-0.39, 0.29) is 23.0 Å². The van der Waals surface area contributed by atoms with Crippen LogP contribution in [0.5, 0.6) is 0 Å². The summed E-state index contributed by atoms with van der Waals surface area (Å²) in [6.07, 6.45) is 4.76. The molecule has 2 heteroatoms. The highest BCUT2D eigenvalue weighted by molar-refractivity contribution is 5.02. The van der Waals surface area contributed by atoms with Crippen molar-refractivity contribution in [3.05, 3.63) is 0 Å². The van der Waals surface area contributed by atoms with Gasteiger partial charge in [-0.05, 0) is 51.9 Å². The molecule has 0 aromatic carbocycles. The number of fused-ring (bicyclic) bond motifs is 2. The molecule has 0 saturated carbocycles. The molecule has 3 atom stereocenters. The zero-order chi connectivity index (χ0) is 12.2. The summed E-state index contributed by atoms with van der Waals surface area (Å²) >= 11 is 0. The van der Waals surface area contributed by atoms with Gasteiger partial charge in [-0.15, -0.1) is 0 Å². The predicted octanol–water partition coefficient (Wildman–Crippen LogP) is 3.13. The highest BCUT2D eigenvalue weighted by Crippen LogP contribution is 2.52. The second-order valence-electron chi connectivity index (χ2n) is 7.28. The van der Waals surface area contributed by atoms with E-state index in [0.29, 0.717) is 0 Å². The molecule has 0 aromatic rings. The van der Waals surface area contributed by atoms with Crippen LogP contribution in [0.2, 0.25) is 0 Å². The Morgan fingerprint density at radius 1 is 1.12 bits per heavy atom. The summed E-state index contributed by atoms with van der Waals surface area (Å²) in [6, 6.07) is 0. The Bertz CT molecular complexity index is 277. The van der Waals surface area contributed by atoms with Crippen LogP contribution in [0, 0.1) is 11.3 Å². The highest BCUT2D eigenvalue weighted by atomic mass is 16.5. The fourth-order valence-corrected chi connectivity index (χ4v) is 3.40. The van der Waals surface area contributed by atoms with E-state index in [2.05, 4.69) is 20.8 Å². The van der Waals surface area contributed by atoms with Crippen molar-refractivity contribution in [2.24, 2.45) is 11.3 Å². The Morgan fingerprint density at radius 3 is 2.31 bits per heavy atom. The lowest BCUT2D eigenvalue weighted by molar-refractivity contribution is -0.246. The van der Waals surface area contributed by atoms with E-state index in [1.807, 2.05) is 13.8 Å². The lowest BCUT2D eigenvalue weighted by Gasteiger charge is -2.56. The first kappa shape index (κ1) is 12.4. The number of ether oxygens (including phenoxy) is 1. The maximum atomic E-state index is 10.3. The van der Waals surface area contributed by atoms with Gasteiger partial charge in [-0.3, -0.25) is 0 Å². The van der Waals surface area contributed by atoms with Crippen LogP contribution in [0.1, 0.15) is 60.3 Å². The van der Waals surface area contributed by atoms with Crippen molar-refractivity contribution < 1.29 is 9.84 Å². The van der Waals surface area contributed by atoms with Crippen LogP contribution in [0.4, 0.5) is 0 Å². The first-order valence-electron chi connectivity index (χ1n) is 6.54. The molecule has 2 bridgehead atoms. The monoisotopic (exact) mass is 226 g/mol. The summed E-state index contributed by atoms with van der Waals surface area (Å²) in [5.41, 5.74) is -0.354. The Kier molecular flexibility index (Phi) is 2.67. The van der Waals surface area contributed by atoms with Crippen LogP contribution < -0.4 is 0 Å². The second kappa shape index (κ2) is 3.46. The van der Waals surface area contributed by atoms with E-state index in [9.17, 15) is 5.11 Å². The smallest absolute Gasteiger partial charge is 0.0688 e. The van der Waals surface area contributed by atoms with Gasteiger partial charge in [0.15, 0.2) is 0 Å². The van der Waals surface area contributed by atoms with Gasteiger partial charge in [0.2, 0.25) is 0 Å². The average molecular weight is 226 g/mol. The van der Waals surface area contributed by atoms with Gasteiger partial charge in [-0.2, -0.15) is 0 Å². The van der Waals surface area contributed by atoms with Gasteiger partial charge in [0.1, 0.15) is 0 Å². The lowest BCUT2D eigenvalue weighted by atomic mass is 9.62. The molecule has 2 aliphatic heterocycles. The molecule has 0 radical (unpaired) electrons. The molecule has 2 fully saturated rings. The molecule has 0 spiro atoms. The molecule has 16 heavy (non-hydrogen) atoms. The minimum atomic E-state index is -0.624. The Balaban J connectivity index is 2.26. The van der Waals surface area contributed by atoms with Gasteiger partial charge >= 0.3 is 0 Å². The Labute approximate surface area is 99.4 Å². The molecule has 2 heterocycles. The molecule has 0 aliphatic carbocycles. The minimum absolute atomic E-state index is 0.0714. The maximum absolute atomic E-state index is 10.3. The second-order valence-corrected chi connectivity index (χ2v) is 7.28. The van der Waals surface area contributed by atoms with E-state index in [1.165, 1.54) is 6.42 Å². The standard InChI is InChI=1S/C14H26O2/c1-12(2)8-9-14(5)7-6-10(11(12)16-14)13(3,4)15/h10-11,15H,6-9H2,1-5H3/t10-,11-,14+/m0/s1. The largest absolute Gasteiger partial charge is 0.390 e. The zero-order valence-electron chi connectivity index (χ0n) is 11.3. The van der Waals surface area contributed by atoms with Gasteiger partial charge in [0.25, 0.3) is 0 Å². The molecular weight excluding hydrogens is 200 g/mol. The normalized spacial score (nSPS) is 43.1. The SMILES string of the molecule is CC(C)(O)[C@H]1CC[C@]2(C)CCC(C)(C)[C@H]1O2. The van der Waals surface area contributed by atoms with Crippen molar-refractivity contribution in [2.45, 2.75) is 77.6 Å². The van der Waals surface area contributed by atoms with E-state index in [0.717, 1.165) is 19.3 Å². The molecule has 1 N–H and O–H groups in total. The van der Waals surface area contributed by atoms with Crippen LogP contribution in [-0.4, -0.2) is 22.4 Å². The van der Waals surface area contributed by atoms with Crippen molar-refractivity contribution in [1.29, 1.82) is 0 Å². The van der Waals surface area contributed by atoms with Crippen LogP contribution in [-0.2, 0) is 4.74 Å². The summed E-state index contributed by atoms with van der Waals surface area (Å²) in [6.45, 7) is 10.6. The third-order valence-corrected chi connectivity index (χ3v) is 4.74. The summed E-state index contributed by atoms with van der Waals surface area (Å²) < 4.78 is 6.30. The van der Waals surface area contributed by atoms with Crippen molar-refractivity contribution in [3.63, 3.8) is 0 Å². The van der Waals surface area contributed by atoms with Crippen molar-refractivity contribution in [1.82, 2.24) is 0 Å². The van der Waals surface area contributed by atoms with E-state index in [4.69, 9.17) is 4.74 Å².